The molecular weight excluding hydrogens is 1820 g/mol. The van der Waals surface area contributed by atoms with Crippen molar-refractivity contribution in [1.82, 2.24) is 42.5 Å². The van der Waals surface area contributed by atoms with Crippen LogP contribution in [-0.4, -0.2) is 220 Å². The average Bonchev–Trinajstić information content (AvgIpc) is 0.761. The molecular formula is C90H95Cl2F3N12O28. The molecule has 45 heteroatoms. The number of phenolic OH excluding ortho intramolecular Hbond substituents is 4. The molecule has 7 heterocycles. The van der Waals surface area contributed by atoms with Crippen molar-refractivity contribution in [2.75, 3.05) is 24.3 Å². The van der Waals surface area contributed by atoms with Crippen molar-refractivity contribution in [2.24, 2.45) is 17.4 Å². The van der Waals surface area contributed by atoms with Gasteiger partial charge in [-0.3, -0.25) is 43.2 Å². The Morgan fingerprint density at radius 2 is 1.28 bits per heavy atom. The maximum absolute atomic E-state index is 16.3. The summed E-state index contributed by atoms with van der Waals surface area (Å²) in [5, 5.41) is 152. The lowest BCUT2D eigenvalue weighted by atomic mass is 9.84. The predicted molar refractivity (Wildman–Crippen MR) is 468 cm³/mol. The van der Waals surface area contributed by atoms with E-state index in [0.717, 1.165) is 91.0 Å². The molecule has 4 unspecified atom stereocenters. The molecule has 25 N–H and O–H groups in total. The van der Waals surface area contributed by atoms with Crippen LogP contribution in [0.4, 0.5) is 24.5 Å². The number of primary amides is 1. The summed E-state index contributed by atoms with van der Waals surface area (Å²) in [6, 6.07) is 11.3. The first-order valence-corrected chi connectivity index (χ1v) is 42.7. The van der Waals surface area contributed by atoms with E-state index in [-0.39, 0.29) is 64.7 Å². The van der Waals surface area contributed by atoms with E-state index in [0.29, 0.717) is 5.56 Å². The zero-order chi connectivity index (χ0) is 97.8. The lowest BCUT2D eigenvalue weighted by Crippen LogP contribution is -2.65. The van der Waals surface area contributed by atoms with Gasteiger partial charge in [0.2, 0.25) is 59.3 Å². The van der Waals surface area contributed by atoms with Crippen LogP contribution in [0.15, 0.2) is 146 Å². The number of aromatic hydroxyl groups is 4. The number of aliphatic hydroxyl groups is 6. The minimum absolute atomic E-state index is 0.0187. The minimum atomic E-state index is -5.12. The van der Waals surface area contributed by atoms with Crippen molar-refractivity contribution in [2.45, 2.75) is 182 Å². The van der Waals surface area contributed by atoms with Crippen molar-refractivity contribution in [3.05, 3.63) is 200 Å². The third-order valence-corrected chi connectivity index (χ3v) is 23.6. The summed E-state index contributed by atoms with van der Waals surface area (Å²) in [5.74, 6) is -19.5. The molecule has 15 rings (SSSR count). The number of benzene rings is 8. The van der Waals surface area contributed by atoms with Crippen LogP contribution < -0.4 is 83.6 Å². The van der Waals surface area contributed by atoms with Crippen molar-refractivity contribution >= 4 is 93.7 Å². The van der Waals surface area contributed by atoms with Gasteiger partial charge in [0.25, 0.3) is 5.91 Å². The number of carbonyl (C=O) groups excluding carboxylic acids is 9. The Balaban J connectivity index is 0.939. The Morgan fingerprint density at radius 1 is 0.652 bits per heavy atom. The first kappa shape index (κ1) is 99.2. The van der Waals surface area contributed by atoms with Gasteiger partial charge in [-0.25, -0.2) is 4.79 Å². The predicted octanol–water partition coefficient (Wildman–Crippen LogP) is 4.30. The SMILES string of the molecule is CN[C@@H](CC(C)C)C(=O)N[C@H]1C(=O)N[C@@H](CC(N)=O)C(=O)NC2C(=O)N[C@@H]3C(=O)N[C@@H](C(=O)N[C@@H](C(=O)O)c4cc(O)cc(O)c4-c4cc3ccc4O)[C@H](O)c3ccc(c(Cl)c3)Oc3cc2cc(c3OC2O[C@@H](CO)[C@@H](O)[C@@H](O)[C@H]2O[C@H]2CC(C)(NCc3cc(NC(=O)c4cccc(OC(F)(F)F)c4)cc(NC(=O)C(N)Cc4ccc(O)cc4)c3)[C@@H](O)[C@@H](C)O2)Oc2ccc(cc2Cl)[C@H]1O. The molecule has 7 aliphatic rings. The largest absolute Gasteiger partial charge is 0.573 e. The van der Waals surface area contributed by atoms with E-state index in [9.17, 15) is 93.3 Å². The summed E-state index contributed by atoms with van der Waals surface area (Å²) < 4.78 is 83.7. The molecule has 9 amide bonds. The van der Waals surface area contributed by atoms with Crippen LogP contribution in [0.2, 0.25) is 10.0 Å². The molecule has 7 aliphatic heterocycles. The second-order valence-corrected chi connectivity index (χ2v) is 34.2. The van der Waals surface area contributed by atoms with Crippen LogP contribution in [0.3, 0.4) is 0 Å². The monoisotopic (exact) mass is 1920 g/mol. The van der Waals surface area contributed by atoms with Gasteiger partial charge < -0.3 is 154 Å². The molecule has 718 valence electrons. The topological polar surface area (TPSA) is 630 Å². The van der Waals surface area contributed by atoms with Crippen LogP contribution >= 0.6 is 23.2 Å². The highest BCUT2D eigenvalue weighted by Gasteiger charge is 2.53. The zero-order valence-electron chi connectivity index (χ0n) is 72.0. The van der Waals surface area contributed by atoms with Gasteiger partial charge in [-0.15, -0.1) is 13.2 Å². The number of nitrogens with two attached hydrogens (primary N) is 2. The number of phenols is 4. The fourth-order valence-corrected chi connectivity index (χ4v) is 16.6. The number of anilines is 2. The third kappa shape index (κ3) is 23.1. The molecule has 8 aromatic rings. The lowest BCUT2D eigenvalue weighted by Gasteiger charge is -2.48. The van der Waals surface area contributed by atoms with E-state index in [2.05, 4.69) is 57.9 Å². The molecule has 19 atom stereocenters. The number of carboxylic acids is 1. The number of likely N-dealkylation sites (N-methyl/N-ethyl adjacent to an activating group) is 1. The van der Waals surface area contributed by atoms with E-state index in [1.807, 2.05) is 0 Å². The number of hydrogen-bond donors (Lipinski definition) is 23. The molecule has 2 saturated heterocycles. The molecule has 0 saturated carbocycles. The second-order valence-electron chi connectivity index (χ2n) is 33.4. The van der Waals surface area contributed by atoms with Crippen LogP contribution in [-0.2, 0) is 70.3 Å². The number of hydrogen-bond acceptors (Lipinski definition) is 30. The highest BCUT2D eigenvalue weighted by atomic mass is 35.5. The zero-order valence-corrected chi connectivity index (χ0v) is 73.5. The number of alkyl halides is 3. The second kappa shape index (κ2) is 41.3. The summed E-state index contributed by atoms with van der Waals surface area (Å²) in [4.78, 5) is 146. The van der Waals surface area contributed by atoms with E-state index in [1.54, 1.807) is 26.0 Å². The maximum atomic E-state index is 16.3. The molecule has 0 spiro atoms. The van der Waals surface area contributed by atoms with E-state index in [1.165, 1.54) is 63.4 Å². The van der Waals surface area contributed by atoms with Gasteiger partial charge in [-0.2, -0.15) is 0 Å². The molecule has 40 nitrogen and oxygen atoms in total. The summed E-state index contributed by atoms with van der Waals surface area (Å²) in [7, 11) is 1.45. The van der Waals surface area contributed by atoms with Crippen LogP contribution in [0.25, 0.3) is 11.1 Å². The molecule has 0 radical (unpaired) electrons. The number of aliphatic carboxylic acids is 1. The normalized spacial score (nSPS) is 25.2. The summed E-state index contributed by atoms with van der Waals surface area (Å²) >= 11 is 14.3. The number of rotatable bonds is 23. The van der Waals surface area contributed by atoms with Crippen molar-refractivity contribution in [1.29, 1.82) is 0 Å². The maximum Gasteiger partial charge on any atom is 0.573 e. The third-order valence-electron chi connectivity index (χ3n) is 23.0. The summed E-state index contributed by atoms with van der Waals surface area (Å²) in [5.41, 5.74) is 7.84. The van der Waals surface area contributed by atoms with E-state index >= 15 is 24.0 Å². The molecule has 135 heavy (non-hydrogen) atoms. The Morgan fingerprint density at radius 3 is 1.90 bits per heavy atom. The number of ether oxygens (including phenoxy) is 7. The summed E-state index contributed by atoms with van der Waals surface area (Å²) in [6.45, 7) is 5.17. The number of aliphatic hydroxyl groups excluding tert-OH is 6. The van der Waals surface area contributed by atoms with Gasteiger partial charge in [0.15, 0.2) is 29.9 Å². The van der Waals surface area contributed by atoms with Crippen LogP contribution in [0, 0.1) is 5.92 Å². The number of nitrogens with one attached hydrogen (secondary N) is 10. The minimum Gasteiger partial charge on any atom is -0.508 e. The fourth-order valence-electron chi connectivity index (χ4n) is 16.1. The first-order chi connectivity index (χ1) is 63.8. The van der Waals surface area contributed by atoms with Crippen LogP contribution in [0.5, 0.6) is 57.5 Å². The number of halogens is 5. The lowest BCUT2D eigenvalue weighted by molar-refractivity contribution is -0.334. The van der Waals surface area contributed by atoms with Gasteiger partial charge in [0, 0.05) is 58.2 Å². The highest BCUT2D eigenvalue weighted by molar-refractivity contribution is 6.32. The van der Waals surface area contributed by atoms with Crippen molar-refractivity contribution < 1.29 is 150 Å². The Labute approximate surface area is 775 Å². The van der Waals surface area contributed by atoms with Gasteiger partial charge in [0.1, 0.15) is 101 Å². The van der Waals surface area contributed by atoms with Gasteiger partial charge in [0.05, 0.1) is 47.4 Å². The van der Waals surface area contributed by atoms with Crippen LogP contribution in [0.1, 0.15) is 127 Å². The number of carbonyl (C=O) groups is 10. The Kier molecular flexibility index (Phi) is 30.4. The molecule has 8 aromatic carbocycles. The smallest absolute Gasteiger partial charge is 0.508 e. The highest BCUT2D eigenvalue weighted by Crippen LogP contribution is 2.51. The quantitative estimate of drug-likeness (QED) is 0.0424. The Bertz CT molecular complexity index is 5890. The van der Waals surface area contributed by atoms with Gasteiger partial charge in [-0.1, -0.05) is 73.4 Å². The van der Waals surface area contributed by atoms with Crippen molar-refractivity contribution in [3.63, 3.8) is 0 Å². The molecule has 11 bridgehead atoms. The number of fused-ring (bicyclic) bond motifs is 15. The Hall–Kier alpha value is -13.3. The summed E-state index contributed by atoms with van der Waals surface area (Å²) in [6.07, 6.45) is -25.9. The molecule has 0 aliphatic carbocycles. The molecule has 2 fully saturated rings. The fraction of sp³-hybridized carbons (Fsp3) is 0.356. The van der Waals surface area contributed by atoms with Gasteiger partial charge >= 0.3 is 12.3 Å². The number of carboxylic acid groups (broad SMARTS) is 1. The average molecular weight is 1920 g/mol. The van der Waals surface area contributed by atoms with E-state index in [4.69, 9.17) is 63.1 Å². The number of amides is 9. The first-order valence-electron chi connectivity index (χ1n) is 41.9. The standard InChI is InChI=1S/C90H95Cl2F3N12O28/c1-36(2)19-55(98-5)81(121)106-70-72(114)41-12-17-59(52(91)25-41)130-61-27-44-28-62(131-60-18-13-42(26-53(60)92)73(115)71-86(126)105-69(87(127)128)51-30-48(110)31-58(112)66(51)50-24-40(11-16-57(50)111)67(83(123)107-71)104-84(124)68(44)103-82(122)56(32-64(97)113)102-85(70)125)76(61)134-88-77(75(117)74(116)63(35-108)132-88)133-65-33-89(4,78(118)37(3)129-65)99-34-39-20-45(100-79(119)43-7-6-8-49(23-43)135-90(93,94)95)29-46(21-39)101-80(120)54(96)22-38-9-14-47(109)15-10-38/h6-18,20-21,23-31,36-37,54-56,63,65,67-75,77-78,88,98-99,108-112,114-118H,19,22,32-35,96H2,1-5H3,(H2,97,113)(H,100,119)(H,101,120)(H,102,125)(H,103,122)(H,104,124)(H,105,126)(H,106,121)(H,107,123)(H,127,128)/t37-,54?,55+,56+,63+,65+,67+,68?,69-,70-,71-,72-,73-,74-,75-,77-,78+,88?,89?/m1/s1. The van der Waals surface area contributed by atoms with E-state index < -0.39 is 290 Å². The van der Waals surface area contributed by atoms with Gasteiger partial charge in [-0.05, 0) is 176 Å². The van der Waals surface area contributed by atoms with Crippen molar-refractivity contribution in [3.8, 4) is 68.6 Å². The molecule has 0 aromatic heterocycles.